The Kier molecular flexibility index (Phi) is 1.45. The van der Waals surface area contributed by atoms with Crippen LogP contribution < -0.4 is 5.73 Å². The van der Waals surface area contributed by atoms with Crippen LogP contribution >= 0.6 is 0 Å². The van der Waals surface area contributed by atoms with Crippen LogP contribution in [0.4, 0.5) is 0 Å². The first-order valence-electron chi connectivity index (χ1n) is 4.85. The lowest BCUT2D eigenvalue weighted by Crippen LogP contribution is -2.43. The fourth-order valence-electron chi connectivity index (χ4n) is 3.41. The van der Waals surface area contributed by atoms with E-state index in [0.717, 1.165) is 6.42 Å². The van der Waals surface area contributed by atoms with Crippen LogP contribution in [0.3, 0.4) is 0 Å². The highest BCUT2D eigenvalue weighted by Gasteiger charge is 2.64. The minimum Gasteiger partial charge on any atom is -0.391 e. The molecular formula is C10H19NO. The van der Waals surface area contributed by atoms with Gasteiger partial charge in [0.15, 0.2) is 0 Å². The summed E-state index contributed by atoms with van der Waals surface area (Å²) >= 11 is 0. The van der Waals surface area contributed by atoms with Crippen molar-refractivity contribution in [3.8, 4) is 0 Å². The van der Waals surface area contributed by atoms with Crippen molar-refractivity contribution in [2.75, 3.05) is 0 Å². The van der Waals surface area contributed by atoms with Crippen molar-refractivity contribution in [3.05, 3.63) is 0 Å². The van der Waals surface area contributed by atoms with Gasteiger partial charge in [0.05, 0.1) is 6.10 Å². The summed E-state index contributed by atoms with van der Waals surface area (Å²) in [6.07, 6.45) is 2.05. The third-order valence-corrected chi connectivity index (χ3v) is 4.86. The number of hydrogen-bond acceptors (Lipinski definition) is 2. The van der Waals surface area contributed by atoms with E-state index in [1.165, 1.54) is 6.42 Å². The molecule has 0 aromatic carbocycles. The lowest BCUT2D eigenvalue weighted by molar-refractivity contribution is 0.00582. The first kappa shape index (κ1) is 8.52. The number of aliphatic hydroxyl groups excluding tert-OH is 1. The molecule has 3 unspecified atom stereocenters. The Labute approximate surface area is 74.1 Å². The van der Waals surface area contributed by atoms with Crippen molar-refractivity contribution >= 4 is 0 Å². The summed E-state index contributed by atoms with van der Waals surface area (Å²) < 4.78 is 0. The molecule has 0 aromatic heterocycles. The molecule has 2 nitrogen and oxygen atoms in total. The molecule has 3 N–H and O–H groups in total. The standard InChI is InChI=1S/C10H19NO/c1-9(2)6-4-5-10(9,3)8(12)7(6)11/h6-8,12H,4-5,11H2,1-3H3/t6?,7-,8?,10?/m1/s1. The van der Waals surface area contributed by atoms with Crippen LogP contribution in [0.25, 0.3) is 0 Å². The molecule has 0 aromatic rings. The van der Waals surface area contributed by atoms with Crippen LogP contribution in [-0.2, 0) is 0 Å². The molecular weight excluding hydrogens is 150 g/mol. The summed E-state index contributed by atoms with van der Waals surface area (Å²) in [6, 6.07) is 0.0127. The van der Waals surface area contributed by atoms with Crippen molar-refractivity contribution in [1.82, 2.24) is 0 Å². The van der Waals surface area contributed by atoms with E-state index >= 15 is 0 Å². The predicted molar refractivity (Wildman–Crippen MR) is 48.6 cm³/mol. The molecule has 2 aliphatic carbocycles. The molecule has 2 saturated carbocycles. The molecule has 12 heavy (non-hydrogen) atoms. The molecule has 4 atom stereocenters. The molecule has 2 heteroatoms. The average Bonchev–Trinajstić information content (AvgIpc) is 2.26. The molecule has 2 bridgehead atoms. The summed E-state index contributed by atoms with van der Waals surface area (Å²) in [4.78, 5) is 0. The molecule has 0 aliphatic heterocycles. The maximum Gasteiger partial charge on any atom is 0.0752 e. The molecule has 70 valence electrons. The third-order valence-electron chi connectivity index (χ3n) is 4.86. The summed E-state index contributed by atoms with van der Waals surface area (Å²) in [7, 11) is 0. The lowest BCUT2D eigenvalue weighted by Gasteiger charge is -2.36. The average molecular weight is 169 g/mol. The number of rotatable bonds is 0. The minimum atomic E-state index is -0.286. The Morgan fingerprint density at radius 3 is 2.17 bits per heavy atom. The molecule has 0 radical (unpaired) electrons. The van der Waals surface area contributed by atoms with E-state index in [1.54, 1.807) is 0 Å². The lowest BCUT2D eigenvalue weighted by atomic mass is 9.70. The van der Waals surface area contributed by atoms with Crippen LogP contribution in [0.5, 0.6) is 0 Å². The van der Waals surface area contributed by atoms with E-state index in [9.17, 15) is 5.11 Å². The molecule has 0 amide bonds. The van der Waals surface area contributed by atoms with Gasteiger partial charge >= 0.3 is 0 Å². The topological polar surface area (TPSA) is 46.2 Å². The zero-order valence-electron chi connectivity index (χ0n) is 8.17. The van der Waals surface area contributed by atoms with Crippen molar-refractivity contribution in [1.29, 1.82) is 0 Å². The summed E-state index contributed by atoms with van der Waals surface area (Å²) in [5, 5.41) is 9.96. The van der Waals surface area contributed by atoms with Gasteiger partial charge in [0.2, 0.25) is 0 Å². The van der Waals surface area contributed by atoms with Gasteiger partial charge in [-0.15, -0.1) is 0 Å². The molecule has 2 rings (SSSR count). The summed E-state index contributed by atoms with van der Waals surface area (Å²) in [6.45, 7) is 6.69. The predicted octanol–water partition coefficient (Wildman–Crippen LogP) is 1.13. The van der Waals surface area contributed by atoms with E-state index in [0.29, 0.717) is 5.92 Å². The number of aliphatic hydroxyl groups is 1. The quantitative estimate of drug-likeness (QED) is 0.571. The van der Waals surface area contributed by atoms with Crippen molar-refractivity contribution in [3.63, 3.8) is 0 Å². The zero-order chi connectivity index (χ0) is 9.15. The molecule has 2 fully saturated rings. The van der Waals surface area contributed by atoms with Crippen LogP contribution in [0, 0.1) is 16.7 Å². The van der Waals surface area contributed by atoms with Crippen molar-refractivity contribution in [2.45, 2.75) is 45.8 Å². The minimum absolute atomic E-state index is 0.0127. The van der Waals surface area contributed by atoms with Crippen LogP contribution in [0.1, 0.15) is 33.6 Å². The van der Waals surface area contributed by atoms with Crippen LogP contribution in [0.15, 0.2) is 0 Å². The monoisotopic (exact) mass is 169 g/mol. The second-order valence-electron chi connectivity index (χ2n) is 5.31. The summed E-state index contributed by atoms with van der Waals surface area (Å²) in [5.41, 5.74) is 6.27. The van der Waals surface area contributed by atoms with Crippen LogP contribution in [-0.4, -0.2) is 17.3 Å². The Hall–Kier alpha value is -0.0800. The fourth-order valence-corrected chi connectivity index (χ4v) is 3.41. The number of fused-ring (bicyclic) bond motifs is 2. The Morgan fingerprint density at radius 2 is 1.92 bits per heavy atom. The van der Waals surface area contributed by atoms with Gasteiger partial charge in [-0.2, -0.15) is 0 Å². The second-order valence-corrected chi connectivity index (χ2v) is 5.31. The maximum atomic E-state index is 9.96. The molecule has 0 heterocycles. The molecule has 0 saturated heterocycles. The van der Waals surface area contributed by atoms with E-state index in [1.807, 2.05) is 0 Å². The van der Waals surface area contributed by atoms with Gasteiger partial charge in [0.1, 0.15) is 0 Å². The highest BCUT2D eigenvalue weighted by Crippen LogP contribution is 2.64. The van der Waals surface area contributed by atoms with E-state index in [4.69, 9.17) is 5.73 Å². The third kappa shape index (κ3) is 0.647. The Bertz CT molecular complexity index is 214. The highest BCUT2D eigenvalue weighted by molar-refractivity contribution is 5.16. The SMILES string of the molecule is CC1(C)C2CCC1(C)C(O)[C@@H]2N. The van der Waals surface area contributed by atoms with Crippen LogP contribution in [0.2, 0.25) is 0 Å². The Morgan fingerprint density at radius 1 is 1.33 bits per heavy atom. The first-order chi connectivity index (χ1) is 5.41. The van der Waals surface area contributed by atoms with Crippen molar-refractivity contribution in [2.24, 2.45) is 22.5 Å². The van der Waals surface area contributed by atoms with Gasteiger partial charge < -0.3 is 10.8 Å². The molecule has 0 spiro atoms. The van der Waals surface area contributed by atoms with Gasteiger partial charge in [-0.3, -0.25) is 0 Å². The second kappa shape index (κ2) is 2.05. The summed E-state index contributed by atoms with van der Waals surface area (Å²) in [5.74, 6) is 0.525. The van der Waals surface area contributed by atoms with E-state index < -0.39 is 0 Å². The smallest absolute Gasteiger partial charge is 0.0752 e. The van der Waals surface area contributed by atoms with Gasteiger partial charge in [-0.25, -0.2) is 0 Å². The van der Waals surface area contributed by atoms with E-state index in [2.05, 4.69) is 20.8 Å². The highest BCUT2D eigenvalue weighted by atomic mass is 16.3. The number of nitrogens with two attached hydrogens (primary N) is 1. The van der Waals surface area contributed by atoms with Gasteiger partial charge in [-0.05, 0) is 24.2 Å². The van der Waals surface area contributed by atoms with Gasteiger partial charge in [0.25, 0.3) is 0 Å². The van der Waals surface area contributed by atoms with Gasteiger partial charge in [-0.1, -0.05) is 20.8 Å². The van der Waals surface area contributed by atoms with E-state index in [-0.39, 0.29) is 23.0 Å². The first-order valence-corrected chi connectivity index (χ1v) is 4.85. The van der Waals surface area contributed by atoms with Crippen molar-refractivity contribution < 1.29 is 5.11 Å². The Balaban J connectivity index is 2.44. The van der Waals surface area contributed by atoms with Gasteiger partial charge in [0, 0.05) is 11.5 Å². The molecule has 2 aliphatic rings. The largest absolute Gasteiger partial charge is 0.391 e. The normalized spacial score (nSPS) is 56.2. The fraction of sp³-hybridized carbons (Fsp3) is 1.00. The zero-order valence-corrected chi connectivity index (χ0v) is 8.17. The number of hydrogen-bond donors (Lipinski definition) is 2. The maximum absolute atomic E-state index is 9.96.